The molecule has 0 atom stereocenters. The number of aryl methyl sites for hydroxylation is 1. The van der Waals surface area contributed by atoms with Crippen LogP contribution in [0.25, 0.3) is 11.1 Å². The Hall–Kier alpha value is -4.23. The van der Waals surface area contributed by atoms with Crippen LogP contribution in [0.2, 0.25) is 0 Å². The second-order valence-corrected chi connectivity index (χ2v) is 9.25. The van der Waals surface area contributed by atoms with Crippen LogP contribution in [0.3, 0.4) is 0 Å². The molecule has 5 rings (SSSR count). The van der Waals surface area contributed by atoms with E-state index in [2.05, 4.69) is 25.5 Å². The van der Waals surface area contributed by atoms with E-state index in [0.29, 0.717) is 32.9 Å². The second kappa shape index (κ2) is 9.82. The summed E-state index contributed by atoms with van der Waals surface area (Å²) in [7, 11) is 0. The number of carbonyl (C=O) groups excluding carboxylic acids is 1. The smallest absolute Gasteiger partial charge is 0.358 e. The van der Waals surface area contributed by atoms with Gasteiger partial charge in [0.1, 0.15) is 17.1 Å². The van der Waals surface area contributed by atoms with Crippen LogP contribution in [0.4, 0.5) is 32.2 Å². The van der Waals surface area contributed by atoms with Gasteiger partial charge in [-0.2, -0.15) is 27.1 Å². The van der Waals surface area contributed by atoms with E-state index in [1.807, 2.05) is 0 Å². The Morgan fingerprint density at radius 2 is 1.85 bits per heavy atom. The van der Waals surface area contributed by atoms with Crippen LogP contribution in [0.5, 0.6) is 0 Å². The van der Waals surface area contributed by atoms with Gasteiger partial charge in [-0.25, -0.2) is 19.0 Å². The third kappa shape index (κ3) is 5.36. The van der Waals surface area contributed by atoms with Crippen molar-refractivity contribution in [3.05, 3.63) is 77.1 Å². The largest absolute Gasteiger partial charge is 0.401 e. The summed E-state index contributed by atoms with van der Waals surface area (Å²) >= 11 is 0. The number of nitrogens with zero attached hydrogens (tertiary/aromatic N) is 5. The fraction of sp³-hybridized carbons (Fsp3) is 0.320. The third-order valence-electron chi connectivity index (χ3n) is 6.55. The van der Waals surface area contributed by atoms with Crippen molar-refractivity contribution in [2.24, 2.45) is 0 Å². The molecule has 1 aliphatic carbocycles. The van der Waals surface area contributed by atoms with E-state index in [1.165, 1.54) is 30.7 Å². The molecule has 4 aromatic rings. The molecule has 0 unspecified atom stereocenters. The highest BCUT2D eigenvalue weighted by Gasteiger charge is 2.66. The van der Waals surface area contributed by atoms with Crippen molar-refractivity contribution in [3.63, 3.8) is 0 Å². The first-order chi connectivity index (χ1) is 18.4. The average Bonchev–Trinajstić information content (AvgIpc) is 3.45. The first-order valence-corrected chi connectivity index (χ1v) is 11.7. The number of carbonyl (C=O) groups is 1. The monoisotopic (exact) mass is 550 g/mol. The summed E-state index contributed by atoms with van der Waals surface area (Å²) < 4.78 is 85.5. The molecule has 0 spiro atoms. The summed E-state index contributed by atoms with van der Waals surface area (Å²) in [6.45, 7) is -1.15. The van der Waals surface area contributed by atoms with Crippen molar-refractivity contribution < 1.29 is 35.7 Å². The minimum atomic E-state index is -4.48. The molecular weight excluding hydrogens is 530 g/mol. The van der Waals surface area contributed by atoms with Crippen molar-refractivity contribution in [1.82, 2.24) is 24.9 Å². The lowest BCUT2D eigenvalue weighted by Gasteiger charge is -2.14. The molecule has 1 saturated carbocycles. The van der Waals surface area contributed by atoms with Gasteiger partial charge < -0.3 is 9.84 Å². The zero-order valence-electron chi connectivity index (χ0n) is 20.3. The SMILES string of the molecule is Cc1nn(C(F)F)cc1Cc1ncc(-c2ccc(CC(=O)Nc3cc(C4(C(F)(F)F)CC4)on3)c(F)c2)cn1. The van der Waals surface area contributed by atoms with Gasteiger partial charge in [0.2, 0.25) is 5.91 Å². The number of rotatable bonds is 8. The van der Waals surface area contributed by atoms with Gasteiger partial charge in [0.05, 0.1) is 12.1 Å². The lowest BCUT2D eigenvalue weighted by atomic mass is 10.0. The Kier molecular flexibility index (Phi) is 6.64. The normalized spacial score (nSPS) is 14.6. The fourth-order valence-electron chi connectivity index (χ4n) is 4.14. The van der Waals surface area contributed by atoms with E-state index in [9.17, 15) is 31.1 Å². The average molecular weight is 550 g/mol. The molecule has 1 amide bonds. The number of amides is 1. The fourth-order valence-corrected chi connectivity index (χ4v) is 4.14. The number of benzene rings is 1. The minimum absolute atomic E-state index is 0.0537. The molecule has 14 heteroatoms. The quantitative estimate of drug-likeness (QED) is 0.290. The zero-order valence-corrected chi connectivity index (χ0v) is 20.3. The number of hydrogen-bond donors (Lipinski definition) is 1. The molecule has 8 nitrogen and oxygen atoms in total. The molecule has 204 valence electrons. The predicted octanol–water partition coefficient (Wildman–Crippen LogP) is 5.54. The standard InChI is InChI=1S/C25H20F6N6O2/c1-13-16(12-37(35-13)23(27)28)7-20-32-10-17(11-33-20)14-2-3-15(18(26)6-14)8-22(38)34-21-9-19(39-36-21)24(4-5-24)25(29,30)31/h2-3,6,9-12,23H,4-5,7-8H2,1H3,(H,34,36,38). The minimum Gasteiger partial charge on any atom is -0.358 e. The first-order valence-electron chi connectivity index (χ1n) is 11.7. The first kappa shape index (κ1) is 26.4. The van der Waals surface area contributed by atoms with Gasteiger partial charge in [-0.3, -0.25) is 4.79 Å². The highest BCUT2D eigenvalue weighted by Crippen LogP contribution is 2.59. The number of nitrogens with one attached hydrogen (secondary N) is 1. The van der Waals surface area contributed by atoms with Crippen LogP contribution in [0.15, 0.2) is 47.4 Å². The highest BCUT2D eigenvalue weighted by atomic mass is 19.4. The number of hydrogen-bond acceptors (Lipinski definition) is 6. The topological polar surface area (TPSA) is 98.7 Å². The van der Waals surface area contributed by atoms with Crippen molar-refractivity contribution in [1.29, 1.82) is 0 Å². The lowest BCUT2D eigenvalue weighted by molar-refractivity contribution is -0.165. The lowest BCUT2D eigenvalue weighted by Crippen LogP contribution is -2.28. The summed E-state index contributed by atoms with van der Waals surface area (Å²) in [6.07, 6.45) is -0.753. The van der Waals surface area contributed by atoms with Crippen LogP contribution in [0.1, 0.15) is 47.8 Å². The molecule has 0 radical (unpaired) electrons. The molecule has 3 heterocycles. The third-order valence-corrected chi connectivity index (χ3v) is 6.55. The number of aromatic nitrogens is 5. The van der Waals surface area contributed by atoms with Crippen LogP contribution >= 0.6 is 0 Å². The summed E-state index contributed by atoms with van der Waals surface area (Å²) in [5.74, 6) is -1.56. The van der Waals surface area contributed by atoms with E-state index >= 15 is 0 Å². The summed E-state index contributed by atoms with van der Waals surface area (Å²) in [6, 6.07) is 5.20. The van der Waals surface area contributed by atoms with Crippen LogP contribution < -0.4 is 5.32 Å². The Morgan fingerprint density at radius 3 is 2.44 bits per heavy atom. The predicted molar refractivity (Wildman–Crippen MR) is 124 cm³/mol. The number of anilines is 1. The van der Waals surface area contributed by atoms with Crippen molar-refractivity contribution in [3.8, 4) is 11.1 Å². The Morgan fingerprint density at radius 1 is 1.13 bits per heavy atom. The van der Waals surface area contributed by atoms with Crippen LogP contribution in [-0.2, 0) is 23.1 Å². The number of halogens is 6. The molecule has 3 aromatic heterocycles. The van der Waals surface area contributed by atoms with E-state index in [0.717, 1.165) is 6.07 Å². The molecule has 1 N–H and O–H groups in total. The van der Waals surface area contributed by atoms with Gasteiger partial charge in [-0.15, -0.1) is 0 Å². The van der Waals surface area contributed by atoms with E-state index in [-0.39, 0.29) is 42.8 Å². The van der Waals surface area contributed by atoms with Gasteiger partial charge >= 0.3 is 12.7 Å². The van der Waals surface area contributed by atoms with Gasteiger partial charge in [0, 0.05) is 42.2 Å². The molecule has 0 bridgehead atoms. The van der Waals surface area contributed by atoms with Crippen molar-refractivity contribution in [2.45, 2.75) is 50.7 Å². The van der Waals surface area contributed by atoms with E-state index in [1.54, 1.807) is 13.0 Å². The maximum Gasteiger partial charge on any atom is 0.401 e. The maximum absolute atomic E-state index is 14.8. The Balaban J connectivity index is 1.21. The summed E-state index contributed by atoms with van der Waals surface area (Å²) in [4.78, 5) is 20.8. The summed E-state index contributed by atoms with van der Waals surface area (Å²) in [5, 5.41) is 9.56. The van der Waals surface area contributed by atoms with E-state index in [4.69, 9.17) is 4.52 Å². The van der Waals surface area contributed by atoms with Crippen LogP contribution in [-0.4, -0.2) is 37.0 Å². The molecule has 39 heavy (non-hydrogen) atoms. The summed E-state index contributed by atoms with van der Waals surface area (Å²) in [5.41, 5.74) is -0.107. The van der Waals surface area contributed by atoms with Crippen molar-refractivity contribution in [2.75, 3.05) is 5.32 Å². The molecular formula is C25H20F6N6O2. The molecule has 1 aliphatic rings. The molecule has 1 fully saturated rings. The van der Waals surface area contributed by atoms with Gasteiger partial charge in [-0.1, -0.05) is 17.3 Å². The second-order valence-electron chi connectivity index (χ2n) is 9.25. The molecule has 0 aliphatic heterocycles. The molecule has 1 aromatic carbocycles. The zero-order chi connectivity index (χ0) is 27.9. The van der Waals surface area contributed by atoms with E-state index < -0.39 is 29.9 Å². The Bertz CT molecular complexity index is 1510. The van der Waals surface area contributed by atoms with Gasteiger partial charge in [0.15, 0.2) is 11.6 Å². The number of alkyl halides is 5. The molecule has 0 saturated heterocycles. The maximum atomic E-state index is 14.8. The highest BCUT2D eigenvalue weighted by molar-refractivity contribution is 5.91. The van der Waals surface area contributed by atoms with Gasteiger partial charge in [-0.05, 0) is 37.0 Å². The Labute approximate surface area is 217 Å². The van der Waals surface area contributed by atoms with Crippen molar-refractivity contribution >= 4 is 11.7 Å². The van der Waals surface area contributed by atoms with Gasteiger partial charge in [0.25, 0.3) is 0 Å². The van der Waals surface area contributed by atoms with Crippen LogP contribution in [0, 0.1) is 12.7 Å².